The van der Waals surface area contributed by atoms with Crippen molar-refractivity contribution < 1.29 is 14.2 Å². The van der Waals surface area contributed by atoms with Crippen LogP contribution in [-0.2, 0) is 0 Å². The number of fused-ring (bicyclic) bond motifs is 2. The number of aromatic hydroxyl groups is 1. The molecule has 2 aromatic heterocycles. The molecule has 0 amide bonds. The zero-order valence-corrected chi connectivity index (χ0v) is 20.8. The van der Waals surface area contributed by atoms with Gasteiger partial charge in [0.25, 0.3) is 0 Å². The SMILES string of the molecule is COc1cc(-c2cc(O)c(-c3ccc(N(C)C4C[C@]5(C)CCC[C@](C)(C4)C5)nn3)cc2F)cnn1. The van der Waals surface area contributed by atoms with Crippen molar-refractivity contribution in [2.24, 2.45) is 10.8 Å². The fourth-order valence-electron chi connectivity index (χ4n) is 6.41. The van der Waals surface area contributed by atoms with Crippen molar-refractivity contribution in [2.75, 3.05) is 19.1 Å². The van der Waals surface area contributed by atoms with Gasteiger partial charge in [0.05, 0.1) is 19.0 Å². The number of methoxy groups -OCH3 is 1. The fourth-order valence-corrected chi connectivity index (χ4v) is 6.41. The lowest BCUT2D eigenvalue weighted by Crippen LogP contribution is -2.49. The standard InChI is InChI=1S/C27H32FN5O2/c1-26-8-5-9-27(2,16-26)14-18(13-26)33(3)24-7-6-22(30-31-24)20-11-21(28)19(12-23(20)34)17-10-25(35-4)32-29-15-17/h6-7,10-12,15,18,34H,5,8-9,13-14,16H2,1-4H3/t18?,26-,27+. The summed E-state index contributed by atoms with van der Waals surface area (Å²) in [5, 5.41) is 27.1. The summed E-state index contributed by atoms with van der Waals surface area (Å²) in [7, 11) is 3.55. The van der Waals surface area contributed by atoms with E-state index in [-0.39, 0.29) is 22.8 Å². The summed E-state index contributed by atoms with van der Waals surface area (Å²) in [6.07, 6.45) is 8.95. The molecule has 2 fully saturated rings. The van der Waals surface area contributed by atoms with Crippen LogP contribution >= 0.6 is 0 Å². The van der Waals surface area contributed by atoms with E-state index in [1.165, 1.54) is 51.1 Å². The van der Waals surface area contributed by atoms with E-state index in [4.69, 9.17) is 4.74 Å². The number of phenolic OH excluding ortho intramolecular Hbond substituents is 1. The van der Waals surface area contributed by atoms with Crippen LogP contribution in [0.3, 0.4) is 0 Å². The molecule has 1 N–H and O–H groups in total. The van der Waals surface area contributed by atoms with Gasteiger partial charge in [-0.3, -0.25) is 0 Å². The first kappa shape index (κ1) is 23.5. The summed E-state index contributed by atoms with van der Waals surface area (Å²) >= 11 is 0. The van der Waals surface area contributed by atoms with Crippen LogP contribution < -0.4 is 9.64 Å². The third-order valence-corrected chi connectivity index (χ3v) is 7.94. The highest BCUT2D eigenvalue weighted by molar-refractivity contribution is 5.75. The Kier molecular flexibility index (Phi) is 5.85. The van der Waals surface area contributed by atoms with E-state index in [0.717, 1.165) is 18.7 Å². The second-order valence-corrected chi connectivity index (χ2v) is 10.9. The van der Waals surface area contributed by atoms with Gasteiger partial charge < -0.3 is 14.7 Å². The average Bonchev–Trinajstić information content (AvgIpc) is 2.83. The molecule has 2 heterocycles. The van der Waals surface area contributed by atoms with Gasteiger partial charge in [-0.2, -0.15) is 5.10 Å². The number of ether oxygens (including phenoxy) is 1. The molecule has 0 spiro atoms. The van der Waals surface area contributed by atoms with Crippen molar-refractivity contribution in [3.8, 4) is 34.0 Å². The Balaban J connectivity index is 1.38. The van der Waals surface area contributed by atoms with Crippen molar-refractivity contribution in [3.63, 3.8) is 0 Å². The summed E-state index contributed by atoms with van der Waals surface area (Å²) in [4.78, 5) is 2.24. The van der Waals surface area contributed by atoms with Crippen LogP contribution in [0.5, 0.6) is 11.6 Å². The predicted octanol–water partition coefficient (Wildman–Crippen LogP) is 5.64. The van der Waals surface area contributed by atoms with Gasteiger partial charge in [0.15, 0.2) is 5.82 Å². The summed E-state index contributed by atoms with van der Waals surface area (Å²) in [5.74, 6) is 0.456. The first-order chi connectivity index (χ1) is 16.7. The lowest BCUT2D eigenvalue weighted by atomic mass is 9.55. The van der Waals surface area contributed by atoms with Crippen LogP contribution in [0.1, 0.15) is 52.4 Å². The van der Waals surface area contributed by atoms with E-state index in [1.54, 1.807) is 12.1 Å². The summed E-state index contributed by atoms with van der Waals surface area (Å²) in [6.45, 7) is 4.86. The van der Waals surface area contributed by atoms with Gasteiger partial charge in [-0.05, 0) is 67.2 Å². The van der Waals surface area contributed by atoms with Crippen molar-refractivity contribution in [2.45, 2.75) is 58.4 Å². The molecule has 7 nitrogen and oxygen atoms in total. The molecule has 1 unspecified atom stereocenters. The van der Waals surface area contributed by atoms with Crippen LogP contribution in [0.2, 0.25) is 0 Å². The van der Waals surface area contributed by atoms with E-state index in [0.29, 0.717) is 28.1 Å². The molecule has 3 atom stereocenters. The maximum Gasteiger partial charge on any atom is 0.233 e. The number of benzene rings is 1. The van der Waals surface area contributed by atoms with Gasteiger partial charge in [0.2, 0.25) is 5.88 Å². The quantitative estimate of drug-likeness (QED) is 0.509. The minimum atomic E-state index is -0.508. The van der Waals surface area contributed by atoms with Crippen LogP contribution in [0.25, 0.3) is 22.4 Å². The minimum absolute atomic E-state index is 0.0893. The third kappa shape index (κ3) is 4.54. The molecule has 1 aromatic carbocycles. The van der Waals surface area contributed by atoms with Gasteiger partial charge in [0.1, 0.15) is 11.6 Å². The van der Waals surface area contributed by atoms with Crippen molar-refractivity contribution in [3.05, 3.63) is 42.3 Å². The summed E-state index contributed by atoms with van der Waals surface area (Å²) in [5.41, 5.74) is 2.13. The Labute approximate surface area is 205 Å². The highest BCUT2D eigenvalue weighted by atomic mass is 19.1. The van der Waals surface area contributed by atoms with Crippen LogP contribution in [0.15, 0.2) is 36.5 Å². The second-order valence-electron chi connectivity index (χ2n) is 10.9. The molecule has 2 aliphatic carbocycles. The smallest absolute Gasteiger partial charge is 0.233 e. The minimum Gasteiger partial charge on any atom is -0.507 e. The Bertz CT molecular complexity index is 1220. The molecule has 0 aliphatic heterocycles. The zero-order valence-electron chi connectivity index (χ0n) is 20.8. The molecule has 2 saturated carbocycles. The highest BCUT2D eigenvalue weighted by Gasteiger charge is 2.47. The van der Waals surface area contributed by atoms with E-state index in [1.807, 2.05) is 6.07 Å². The zero-order chi connectivity index (χ0) is 24.8. The average molecular weight is 478 g/mol. The molecule has 0 saturated heterocycles. The molecule has 5 rings (SSSR count). The van der Waals surface area contributed by atoms with E-state index in [2.05, 4.69) is 46.2 Å². The maximum absolute atomic E-state index is 15.0. The van der Waals surface area contributed by atoms with Crippen molar-refractivity contribution >= 4 is 5.82 Å². The lowest BCUT2D eigenvalue weighted by Gasteiger charge is -2.54. The number of aromatic nitrogens is 4. The van der Waals surface area contributed by atoms with Crippen LogP contribution in [-0.4, -0.2) is 45.7 Å². The first-order valence-corrected chi connectivity index (χ1v) is 12.2. The molecule has 35 heavy (non-hydrogen) atoms. The molecular formula is C27H32FN5O2. The molecule has 3 aromatic rings. The molecule has 2 bridgehead atoms. The van der Waals surface area contributed by atoms with Crippen molar-refractivity contribution in [1.29, 1.82) is 0 Å². The Morgan fingerprint density at radius 1 is 1.03 bits per heavy atom. The number of nitrogens with zero attached hydrogens (tertiary/aromatic N) is 5. The van der Waals surface area contributed by atoms with Gasteiger partial charge >= 0.3 is 0 Å². The highest BCUT2D eigenvalue weighted by Crippen LogP contribution is 2.56. The Morgan fingerprint density at radius 3 is 2.43 bits per heavy atom. The van der Waals surface area contributed by atoms with E-state index in [9.17, 15) is 5.11 Å². The lowest BCUT2D eigenvalue weighted by molar-refractivity contribution is 0.0141. The number of hydrogen-bond donors (Lipinski definition) is 1. The Morgan fingerprint density at radius 2 is 1.77 bits per heavy atom. The monoisotopic (exact) mass is 477 g/mol. The molecule has 8 heteroatoms. The van der Waals surface area contributed by atoms with Gasteiger partial charge in [-0.15, -0.1) is 15.3 Å². The normalized spacial score (nSPS) is 25.8. The summed E-state index contributed by atoms with van der Waals surface area (Å²) in [6, 6.07) is 8.31. The number of anilines is 1. The number of hydrogen-bond acceptors (Lipinski definition) is 7. The summed E-state index contributed by atoms with van der Waals surface area (Å²) < 4.78 is 20.1. The largest absolute Gasteiger partial charge is 0.507 e. The van der Waals surface area contributed by atoms with E-state index >= 15 is 4.39 Å². The van der Waals surface area contributed by atoms with Gasteiger partial charge in [0, 0.05) is 35.8 Å². The van der Waals surface area contributed by atoms with Gasteiger partial charge in [-0.1, -0.05) is 20.3 Å². The van der Waals surface area contributed by atoms with Gasteiger partial charge in [-0.25, -0.2) is 4.39 Å². The fraction of sp³-hybridized carbons (Fsp3) is 0.481. The Hall–Kier alpha value is -3.29. The number of phenols is 1. The van der Waals surface area contributed by atoms with Crippen molar-refractivity contribution in [1.82, 2.24) is 20.4 Å². The molecular weight excluding hydrogens is 445 g/mol. The third-order valence-electron chi connectivity index (χ3n) is 7.94. The molecule has 184 valence electrons. The predicted molar refractivity (Wildman–Crippen MR) is 133 cm³/mol. The van der Waals surface area contributed by atoms with E-state index < -0.39 is 5.82 Å². The second kappa shape index (κ2) is 8.73. The topological polar surface area (TPSA) is 84.3 Å². The molecule has 0 radical (unpaired) electrons. The number of rotatable bonds is 5. The number of halogens is 1. The maximum atomic E-state index is 15.0. The van der Waals surface area contributed by atoms with Crippen LogP contribution in [0.4, 0.5) is 10.2 Å². The molecule has 2 aliphatic rings. The first-order valence-electron chi connectivity index (χ1n) is 12.2. The van der Waals surface area contributed by atoms with Crippen LogP contribution in [0, 0.1) is 16.6 Å².